The number of pyridine rings is 1. The first-order valence-corrected chi connectivity index (χ1v) is 7.82. The number of hydrogen-bond donors (Lipinski definition) is 1. The molecule has 6 nitrogen and oxygen atoms in total. The van der Waals surface area contributed by atoms with Gasteiger partial charge in [-0.2, -0.15) is 5.90 Å². The quantitative estimate of drug-likeness (QED) is 0.692. The lowest BCUT2D eigenvalue weighted by Gasteiger charge is -2.13. The van der Waals surface area contributed by atoms with E-state index in [-0.39, 0.29) is 11.3 Å². The highest BCUT2D eigenvalue weighted by atomic mass is 79.9. The molecule has 0 radical (unpaired) electrons. The summed E-state index contributed by atoms with van der Waals surface area (Å²) in [6.45, 7) is 0. The monoisotopic (exact) mass is 390 g/mol. The van der Waals surface area contributed by atoms with E-state index in [1.165, 1.54) is 11.7 Å². The third kappa shape index (κ3) is 2.72. The first-order valence-electron chi connectivity index (χ1n) is 7.03. The van der Waals surface area contributed by atoms with Crippen molar-refractivity contribution < 1.29 is 14.3 Å². The third-order valence-electron chi connectivity index (χ3n) is 3.72. The second-order valence-corrected chi connectivity index (χ2v) is 5.87. The number of nitrogens with zero attached hydrogens (tertiary/aromatic N) is 1. The van der Waals surface area contributed by atoms with Crippen LogP contribution in [0.5, 0.6) is 17.2 Å². The van der Waals surface area contributed by atoms with Crippen molar-refractivity contribution in [3.8, 4) is 22.9 Å². The molecule has 0 fully saturated rings. The fourth-order valence-corrected chi connectivity index (χ4v) is 3.02. The summed E-state index contributed by atoms with van der Waals surface area (Å²) in [5.41, 5.74) is 0.448. The Kier molecular flexibility index (Phi) is 4.46. The lowest BCUT2D eigenvalue weighted by Crippen LogP contribution is -2.19. The van der Waals surface area contributed by atoms with Crippen molar-refractivity contribution >= 4 is 26.7 Å². The fraction of sp³-hybridized carbons (Fsp3) is 0.118. The molecule has 3 aromatic rings. The summed E-state index contributed by atoms with van der Waals surface area (Å²) in [4.78, 5) is 17.8. The van der Waals surface area contributed by atoms with E-state index in [2.05, 4.69) is 15.9 Å². The lowest BCUT2D eigenvalue weighted by molar-refractivity contribution is 0.334. The van der Waals surface area contributed by atoms with Crippen LogP contribution in [0.25, 0.3) is 16.5 Å². The van der Waals surface area contributed by atoms with Gasteiger partial charge in [0.25, 0.3) is 5.56 Å². The summed E-state index contributed by atoms with van der Waals surface area (Å²) >= 11 is 3.50. The average Bonchev–Trinajstić information content (AvgIpc) is 2.63. The minimum Gasteiger partial charge on any atom is -0.497 e. The van der Waals surface area contributed by atoms with Crippen LogP contribution >= 0.6 is 15.9 Å². The van der Waals surface area contributed by atoms with E-state index in [0.717, 1.165) is 0 Å². The normalized spacial score (nSPS) is 10.7. The van der Waals surface area contributed by atoms with Crippen molar-refractivity contribution in [2.24, 2.45) is 5.90 Å². The van der Waals surface area contributed by atoms with Gasteiger partial charge >= 0.3 is 0 Å². The van der Waals surface area contributed by atoms with E-state index in [9.17, 15) is 4.79 Å². The maximum absolute atomic E-state index is 12.9. The maximum Gasteiger partial charge on any atom is 0.266 e. The summed E-state index contributed by atoms with van der Waals surface area (Å²) in [6.07, 6.45) is 1.70. The molecule has 0 unspecified atom stereocenters. The SMILES string of the molecule is COc1ccc(-n2cc(Br)c3cc(OC)cc(ON)c3c2=O)cc1. The van der Waals surface area contributed by atoms with Crippen molar-refractivity contribution in [1.29, 1.82) is 0 Å². The summed E-state index contributed by atoms with van der Waals surface area (Å²) in [5, 5.41) is 1.02. The first kappa shape index (κ1) is 16.4. The zero-order valence-electron chi connectivity index (χ0n) is 13.1. The maximum atomic E-state index is 12.9. The molecule has 0 aliphatic rings. The van der Waals surface area contributed by atoms with Gasteiger partial charge in [0.1, 0.15) is 11.5 Å². The molecule has 1 aromatic heterocycles. The average molecular weight is 391 g/mol. The van der Waals surface area contributed by atoms with Gasteiger partial charge in [-0.05, 0) is 46.3 Å². The Labute approximate surface area is 146 Å². The second kappa shape index (κ2) is 6.54. The Morgan fingerprint density at radius 1 is 1.04 bits per heavy atom. The lowest BCUT2D eigenvalue weighted by atomic mass is 10.1. The van der Waals surface area contributed by atoms with E-state index in [0.29, 0.717) is 32.4 Å². The molecule has 1 heterocycles. The van der Waals surface area contributed by atoms with E-state index >= 15 is 0 Å². The van der Waals surface area contributed by atoms with Crippen molar-refractivity contribution in [3.63, 3.8) is 0 Å². The zero-order chi connectivity index (χ0) is 17.3. The number of aromatic nitrogens is 1. The summed E-state index contributed by atoms with van der Waals surface area (Å²) in [5.74, 6) is 6.85. The van der Waals surface area contributed by atoms with Crippen LogP contribution < -0.4 is 25.8 Å². The highest BCUT2D eigenvalue weighted by molar-refractivity contribution is 9.10. The van der Waals surface area contributed by atoms with Crippen LogP contribution in [0.1, 0.15) is 0 Å². The summed E-state index contributed by atoms with van der Waals surface area (Å²) in [7, 11) is 3.12. The van der Waals surface area contributed by atoms with Crippen molar-refractivity contribution in [1.82, 2.24) is 4.57 Å². The fourth-order valence-electron chi connectivity index (χ4n) is 2.51. The highest BCUT2D eigenvalue weighted by Gasteiger charge is 2.15. The van der Waals surface area contributed by atoms with Crippen molar-refractivity contribution in [2.45, 2.75) is 0 Å². The van der Waals surface area contributed by atoms with Crippen LogP contribution in [-0.4, -0.2) is 18.8 Å². The molecule has 2 aromatic carbocycles. The standard InChI is InChI=1S/C17H15BrN2O4/c1-22-11-5-3-10(4-6-11)20-9-14(18)13-7-12(23-2)8-15(24-19)16(13)17(20)21/h3-9H,19H2,1-2H3. The van der Waals surface area contributed by atoms with E-state index in [4.69, 9.17) is 20.2 Å². The highest BCUT2D eigenvalue weighted by Crippen LogP contribution is 2.33. The van der Waals surface area contributed by atoms with Gasteiger partial charge in [-0.1, -0.05) is 0 Å². The molecule has 2 N–H and O–H groups in total. The number of rotatable bonds is 4. The van der Waals surface area contributed by atoms with Gasteiger partial charge in [0, 0.05) is 27.8 Å². The predicted molar refractivity (Wildman–Crippen MR) is 95.2 cm³/mol. The second-order valence-electron chi connectivity index (χ2n) is 5.02. The van der Waals surface area contributed by atoms with Crippen LogP contribution in [0.4, 0.5) is 0 Å². The molecule has 3 rings (SSSR count). The van der Waals surface area contributed by atoms with Crippen LogP contribution in [-0.2, 0) is 0 Å². The first-order chi connectivity index (χ1) is 11.6. The molecule has 0 saturated heterocycles. The third-order valence-corrected chi connectivity index (χ3v) is 4.35. The van der Waals surface area contributed by atoms with Gasteiger partial charge in [-0.15, -0.1) is 0 Å². The van der Waals surface area contributed by atoms with Gasteiger partial charge in [-0.25, -0.2) is 0 Å². The van der Waals surface area contributed by atoms with E-state index in [1.54, 1.807) is 49.7 Å². The van der Waals surface area contributed by atoms with Crippen molar-refractivity contribution in [2.75, 3.05) is 14.2 Å². The van der Waals surface area contributed by atoms with Crippen LogP contribution in [0.15, 0.2) is 51.9 Å². The molecule has 124 valence electrons. The minimum absolute atomic E-state index is 0.248. The van der Waals surface area contributed by atoms with Crippen molar-refractivity contribution in [3.05, 3.63) is 57.4 Å². The molecule has 0 amide bonds. The minimum atomic E-state index is -0.249. The Morgan fingerprint density at radius 2 is 1.71 bits per heavy atom. The molecule has 7 heteroatoms. The van der Waals surface area contributed by atoms with Gasteiger partial charge in [0.15, 0.2) is 5.75 Å². The smallest absolute Gasteiger partial charge is 0.266 e. The molecular weight excluding hydrogens is 376 g/mol. The van der Waals surface area contributed by atoms with Gasteiger partial charge in [0.2, 0.25) is 0 Å². The zero-order valence-corrected chi connectivity index (χ0v) is 14.7. The van der Waals surface area contributed by atoms with Gasteiger partial charge < -0.3 is 14.3 Å². The van der Waals surface area contributed by atoms with Gasteiger partial charge in [0.05, 0.1) is 19.6 Å². The molecule has 0 bridgehead atoms. The van der Waals surface area contributed by atoms with Crippen LogP contribution in [0.2, 0.25) is 0 Å². The number of methoxy groups -OCH3 is 2. The number of hydrogen-bond acceptors (Lipinski definition) is 5. The predicted octanol–water partition coefficient (Wildman–Crippen LogP) is 3.02. The summed E-state index contributed by atoms with van der Waals surface area (Å²) < 4.78 is 12.6. The number of nitrogens with two attached hydrogens (primary N) is 1. The molecule has 0 aliphatic carbocycles. The molecular formula is C17H15BrN2O4. The molecule has 0 aliphatic heterocycles. The van der Waals surface area contributed by atoms with Gasteiger partial charge in [-0.3, -0.25) is 9.36 Å². The number of halogens is 1. The van der Waals surface area contributed by atoms with Crippen LogP contribution in [0.3, 0.4) is 0 Å². The van der Waals surface area contributed by atoms with E-state index in [1.807, 2.05) is 0 Å². The molecule has 24 heavy (non-hydrogen) atoms. The topological polar surface area (TPSA) is 75.7 Å². The number of fused-ring (bicyclic) bond motifs is 1. The molecule has 0 atom stereocenters. The Balaban J connectivity index is 2.31. The van der Waals surface area contributed by atoms with E-state index < -0.39 is 0 Å². The Bertz CT molecular complexity index is 951. The summed E-state index contributed by atoms with van der Waals surface area (Å²) in [6, 6.07) is 10.5. The number of benzene rings is 2. The molecule has 0 spiro atoms. The van der Waals surface area contributed by atoms with Crippen LogP contribution in [0, 0.1) is 0 Å². The molecule has 0 saturated carbocycles. The Hall–Kier alpha value is -2.51. The Morgan fingerprint density at radius 3 is 2.29 bits per heavy atom. The largest absolute Gasteiger partial charge is 0.497 e. The number of ether oxygens (including phenoxy) is 2.